The second-order valence-corrected chi connectivity index (χ2v) is 5.64. The van der Waals surface area contributed by atoms with Gasteiger partial charge in [0.25, 0.3) is 5.88 Å². The Bertz CT molecular complexity index is 403. The fourth-order valence-electron chi connectivity index (χ4n) is 2.34. The summed E-state index contributed by atoms with van der Waals surface area (Å²) >= 11 is 0. The van der Waals surface area contributed by atoms with Crippen LogP contribution in [0.3, 0.4) is 0 Å². The third kappa shape index (κ3) is 4.16. The third-order valence-electron chi connectivity index (χ3n) is 3.39. The number of rotatable bonds is 6. The van der Waals surface area contributed by atoms with Crippen LogP contribution in [0.25, 0.3) is 0 Å². The van der Waals surface area contributed by atoms with Crippen molar-refractivity contribution in [2.24, 2.45) is 5.92 Å². The smallest absolute Gasteiger partial charge is 0.250 e. The molecule has 1 aliphatic rings. The summed E-state index contributed by atoms with van der Waals surface area (Å²) in [5.41, 5.74) is 0.628. The molecule has 0 aromatic carbocycles. The SMILES string of the molecule is CC(C)CNCc1ccnc(OC2CCCC2)c1F. The van der Waals surface area contributed by atoms with Gasteiger partial charge >= 0.3 is 0 Å². The molecule has 0 aliphatic heterocycles. The Kier molecular flexibility index (Phi) is 5.14. The predicted molar refractivity (Wildman–Crippen MR) is 73.6 cm³/mol. The average Bonchev–Trinajstić information content (AvgIpc) is 2.86. The number of ether oxygens (including phenoxy) is 1. The highest BCUT2D eigenvalue weighted by molar-refractivity contribution is 5.23. The highest BCUT2D eigenvalue weighted by Crippen LogP contribution is 2.25. The molecule has 0 unspecified atom stereocenters. The lowest BCUT2D eigenvalue weighted by atomic mass is 10.2. The van der Waals surface area contributed by atoms with Crippen LogP contribution in [0, 0.1) is 11.7 Å². The summed E-state index contributed by atoms with van der Waals surface area (Å²) in [7, 11) is 0. The normalized spacial score (nSPS) is 16.2. The molecule has 0 saturated heterocycles. The first kappa shape index (κ1) is 14.3. The van der Waals surface area contributed by atoms with Crippen LogP contribution in [0.15, 0.2) is 12.3 Å². The van der Waals surface area contributed by atoms with Crippen molar-refractivity contribution in [3.63, 3.8) is 0 Å². The van der Waals surface area contributed by atoms with Gasteiger partial charge in [0, 0.05) is 18.3 Å². The van der Waals surface area contributed by atoms with Crippen LogP contribution >= 0.6 is 0 Å². The molecule has 1 aromatic heterocycles. The van der Waals surface area contributed by atoms with Crippen LogP contribution in [0.4, 0.5) is 4.39 Å². The van der Waals surface area contributed by atoms with E-state index in [2.05, 4.69) is 24.1 Å². The molecule has 1 saturated carbocycles. The van der Waals surface area contributed by atoms with E-state index < -0.39 is 0 Å². The molecule has 0 spiro atoms. The second kappa shape index (κ2) is 6.85. The highest BCUT2D eigenvalue weighted by Gasteiger charge is 2.20. The summed E-state index contributed by atoms with van der Waals surface area (Å²) in [5.74, 6) is 0.403. The maximum absolute atomic E-state index is 14.2. The molecule has 1 N–H and O–H groups in total. The molecule has 0 amide bonds. The van der Waals surface area contributed by atoms with Crippen molar-refractivity contribution >= 4 is 0 Å². The molecule has 3 nitrogen and oxygen atoms in total. The van der Waals surface area contributed by atoms with E-state index in [4.69, 9.17) is 4.74 Å². The molecular weight excluding hydrogens is 243 g/mol. The monoisotopic (exact) mass is 266 g/mol. The fourth-order valence-corrected chi connectivity index (χ4v) is 2.34. The number of nitrogens with one attached hydrogen (secondary N) is 1. The zero-order valence-corrected chi connectivity index (χ0v) is 11.8. The number of pyridine rings is 1. The highest BCUT2D eigenvalue weighted by atomic mass is 19.1. The molecule has 0 atom stereocenters. The second-order valence-electron chi connectivity index (χ2n) is 5.64. The molecule has 0 radical (unpaired) electrons. The van der Waals surface area contributed by atoms with E-state index in [0.29, 0.717) is 18.0 Å². The molecule has 106 valence electrons. The third-order valence-corrected chi connectivity index (χ3v) is 3.39. The van der Waals surface area contributed by atoms with Gasteiger partial charge in [0.05, 0.1) is 0 Å². The van der Waals surface area contributed by atoms with Crippen molar-refractivity contribution in [3.8, 4) is 5.88 Å². The van der Waals surface area contributed by atoms with Gasteiger partial charge in [0.1, 0.15) is 6.10 Å². The zero-order valence-electron chi connectivity index (χ0n) is 11.8. The van der Waals surface area contributed by atoms with E-state index in [1.54, 1.807) is 12.3 Å². The molecule has 1 aromatic rings. The number of halogens is 1. The number of nitrogens with zero attached hydrogens (tertiary/aromatic N) is 1. The van der Waals surface area contributed by atoms with Gasteiger partial charge in [-0.05, 0) is 44.2 Å². The predicted octanol–water partition coefficient (Wildman–Crippen LogP) is 3.29. The summed E-state index contributed by atoms with van der Waals surface area (Å²) in [5, 5.41) is 3.24. The molecule has 2 rings (SSSR count). The van der Waals surface area contributed by atoms with Crippen molar-refractivity contribution in [1.29, 1.82) is 0 Å². The largest absolute Gasteiger partial charge is 0.472 e. The lowest BCUT2D eigenvalue weighted by Crippen LogP contribution is -2.20. The van der Waals surface area contributed by atoms with E-state index in [0.717, 1.165) is 19.4 Å². The van der Waals surface area contributed by atoms with Crippen LogP contribution in [0.5, 0.6) is 5.88 Å². The quantitative estimate of drug-likeness (QED) is 0.858. The lowest BCUT2D eigenvalue weighted by Gasteiger charge is -2.14. The van der Waals surface area contributed by atoms with Gasteiger partial charge in [-0.1, -0.05) is 13.8 Å². The van der Waals surface area contributed by atoms with Gasteiger partial charge in [0.15, 0.2) is 5.82 Å². The summed E-state index contributed by atoms with van der Waals surface area (Å²) < 4.78 is 19.9. The van der Waals surface area contributed by atoms with Crippen molar-refractivity contribution < 1.29 is 9.13 Å². The van der Waals surface area contributed by atoms with Crippen molar-refractivity contribution in [2.45, 2.75) is 52.2 Å². The number of hydrogen-bond acceptors (Lipinski definition) is 3. The Balaban J connectivity index is 1.96. The molecule has 19 heavy (non-hydrogen) atoms. The van der Waals surface area contributed by atoms with Gasteiger partial charge < -0.3 is 10.1 Å². The molecule has 1 heterocycles. The first-order valence-corrected chi connectivity index (χ1v) is 7.17. The van der Waals surface area contributed by atoms with Crippen LogP contribution in [-0.2, 0) is 6.54 Å². The van der Waals surface area contributed by atoms with Gasteiger partial charge in [-0.3, -0.25) is 0 Å². The van der Waals surface area contributed by atoms with Crippen LogP contribution in [0.1, 0.15) is 45.1 Å². The van der Waals surface area contributed by atoms with Crippen LogP contribution in [0.2, 0.25) is 0 Å². The van der Waals surface area contributed by atoms with Crippen LogP contribution in [-0.4, -0.2) is 17.6 Å². The minimum Gasteiger partial charge on any atom is -0.472 e. The minimum atomic E-state index is -0.314. The Morgan fingerprint density at radius 2 is 2.16 bits per heavy atom. The zero-order chi connectivity index (χ0) is 13.7. The molecule has 4 heteroatoms. The molecule has 0 bridgehead atoms. The topological polar surface area (TPSA) is 34.2 Å². The van der Waals surface area contributed by atoms with Gasteiger partial charge in [-0.25, -0.2) is 9.37 Å². The van der Waals surface area contributed by atoms with Gasteiger partial charge in [-0.2, -0.15) is 0 Å². The maximum Gasteiger partial charge on any atom is 0.250 e. The average molecular weight is 266 g/mol. The summed E-state index contributed by atoms with van der Waals surface area (Å²) in [6.45, 7) is 5.66. The molecule has 1 fully saturated rings. The van der Waals surface area contributed by atoms with E-state index in [1.165, 1.54) is 12.8 Å². The standard InChI is InChI=1S/C15H23FN2O/c1-11(2)9-17-10-12-7-8-18-15(14(12)16)19-13-5-3-4-6-13/h7-8,11,13,17H,3-6,9-10H2,1-2H3. The van der Waals surface area contributed by atoms with Crippen molar-refractivity contribution in [2.75, 3.05) is 6.54 Å². The summed E-state index contributed by atoms with van der Waals surface area (Å²) in [6.07, 6.45) is 6.12. The Morgan fingerprint density at radius 3 is 2.84 bits per heavy atom. The first-order valence-electron chi connectivity index (χ1n) is 7.17. The number of aromatic nitrogens is 1. The van der Waals surface area contributed by atoms with Crippen molar-refractivity contribution in [3.05, 3.63) is 23.6 Å². The van der Waals surface area contributed by atoms with Gasteiger partial charge in [-0.15, -0.1) is 0 Å². The Labute approximate surface area is 114 Å². The minimum absolute atomic E-state index is 0.140. The van der Waals surface area contributed by atoms with E-state index >= 15 is 0 Å². The molecular formula is C15H23FN2O. The van der Waals surface area contributed by atoms with E-state index in [9.17, 15) is 4.39 Å². The Hall–Kier alpha value is -1.16. The first-order chi connectivity index (χ1) is 9.16. The maximum atomic E-state index is 14.2. The molecule has 1 aliphatic carbocycles. The van der Waals surface area contributed by atoms with E-state index in [-0.39, 0.29) is 17.8 Å². The lowest BCUT2D eigenvalue weighted by molar-refractivity contribution is 0.191. The van der Waals surface area contributed by atoms with Gasteiger partial charge in [0.2, 0.25) is 0 Å². The fraction of sp³-hybridized carbons (Fsp3) is 0.667. The van der Waals surface area contributed by atoms with Crippen molar-refractivity contribution in [1.82, 2.24) is 10.3 Å². The number of hydrogen-bond donors (Lipinski definition) is 1. The summed E-state index contributed by atoms with van der Waals surface area (Å²) in [4.78, 5) is 4.02. The van der Waals surface area contributed by atoms with E-state index in [1.807, 2.05) is 0 Å². The summed E-state index contributed by atoms with van der Waals surface area (Å²) in [6, 6.07) is 1.71. The van der Waals surface area contributed by atoms with Crippen LogP contribution < -0.4 is 10.1 Å². The Morgan fingerprint density at radius 1 is 1.42 bits per heavy atom.